The number of ether oxygens (including phenoxy) is 2. The molecule has 1 atom stereocenters. The molecular weight excluding hydrogens is 608 g/mol. The number of allylic oxidation sites excluding steroid dienone is 22. The molecule has 0 aliphatic heterocycles. The third-order valence-corrected chi connectivity index (χ3v) is 6.82. The first-order valence-corrected chi connectivity index (χ1v) is 18.3. The Hall–Kier alpha value is -3.96. The van der Waals surface area contributed by atoms with Gasteiger partial charge in [-0.15, -0.1) is 0 Å². The van der Waals surface area contributed by atoms with Gasteiger partial charge in [0.15, 0.2) is 6.10 Å². The van der Waals surface area contributed by atoms with Gasteiger partial charge < -0.3 is 14.6 Å². The molecule has 0 rings (SSSR count). The van der Waals surface area contributed by atoms with Crippen molar-refractivity contribution in [2.45, 2.75) is 116 Å². The molecule has 5 heteroatoms. The summed E-state index contributed by atoms with van der Waals surface area (Å²) in [4.78, 5) is 24.2. The second-order valence-corrected chi connectivity index (χ2v) is 11.3. The monoisotopic (exact) mass is 672 g/mol. The van der Waals surface area contributed by atoms with Gasteiger partial charge in [0.2, 0.25) is 0 Å². The van der Waals surface area contributed by atoms with Gasteiger partial charge in [-0.1, -0.05) is 154 Å². The predicted octanol–water partition coefficient (Wildman–Crippen LogP) is 11.4. The average molecular weight is 673 g/mol. The topological polar surface area (TPSA) is 72.8 Å². The molecule has 0 aromatic heterocycles. The Morgan fingerprint density at radius 1 is 0.490 bits per heavy atom. The summed E-state index contributed by atoms with van der Waals surface area (Å²) in [7, 11) is 0. The van der Waals surface area contributed by atoms with E-state index >= 15 is 0 Å². The van der Waals surface area contributed by atoms with Gasteiger partial charge in [-0.25, -0.2) is 0 Å². The Morgan fingerprint density at radius 2 is 0.939 bits per heavy atom. The van der Waals surface area contributed by atoms with Crippen LogP contribution in [0.15, 0.2) is 134 Å². The van der Waals surface area contributed by atoms with Gasteiger partial charge in [0.1, 0.15) is 6.61 Å². The molecular formula is C44H64O5. The van der Waals surface area contributed by atoms with Gasteiger partial charge in [0.05, 0.1) is 6.61 Å². The van der Waals surface area contributed by atoms with E-state index in [1.807, 2.05) is 54.7 Å². The largest absolute Gasteiger partial charge is 0.462 e. The summed E-state index contributed by atoms with van der Waals surface area (Å²) in [6.45, 7) is 3.74. The lowest BCUT2D eigenvalue weighted by Gasteiger charge is -2.15. The van der Waals surface area contributed by atoms with Crippen molar-refractivity contribution in [2.24, 2.45) is 0 Å². The van der Waals surface area contributed by atoms with E-state index in [1.54, 1.807) is 0 Å². The molecule has 0 heterocycles. The minimum Gasteiger partial charge on any atom is -0.462 e. The van der Waals surface area contributed by atoms with E-state index in [0.717, 1.165) is 77.0 Å². The molecule has 0 fully saturated rings. The lowest BCUT2D eigenvalue weighted by atomic mass is 10.1. The fraction of sp³-hybridized carbons (Fsp3) is 0.455. The van der Waals surface area contributed by atoms with Crippen LogP contribution in [0.5, 0.6) is 0 Å². The van der Waals surface area contributed by atoms with Crippen LogP contribution in [0.3, 0.4) is 0 Å². The Morgan fingerprint density at radius 3 is 1.47 bits per heavy atom. The number of hydrogen-bond donors (Lipinski definition) is 1. The smallest absolute Gasteiger partial charge is 0.306 e. The molecule has 0 amide bonds. The van der Waals surface area contributed by atoms with E-state index in [0.29, 0.717) is 6.42 Å². The van der Waals surface area contributed by atoms with Crippen molar-refractivity contribution in [3.8, 4) is 0 Å². The van der Waals surface area contributed by atoms with Crippen LogP contribution in [0.4, 0.5) is 0 Å². The Bertz CT molecular complexity index is 1120. The quantitative estimate of drug-likeness (QED) is 0.0356. The molecule has 270 valence electrons. The molecule has 0 saturated heterocycles. The van der Waals surface area contributed by atoms with Crippen LogP contribution >= 0.6 is 0 Å². The van der Waals surface area contributed by atoms with Crippen molar-refractivity contribution in [3.05, 3.63) is 134 Å². The van der Waals surface area contributed by atoms with Gasteiger partial charge in [0.25, 0.3) is 0 Å². The van der Waals surface area contributed by atoms with Crippen LogP contribution in [0, 0.1) is 0 Å². The van der Waals surface area contributed by atoms with Crippen LogP contribution in [0.25, 0.3) is 0 Å². The first kappa shape index (κ1) is 45.0. The summed E-state index contributed by atoms with van der Waals surface area (Å²) in [6, 6.07) is 0. The number of hydrogen-bond acceptors (Lipinski definition) is 5. The molecule has 0 aromatic carbocycles. The van der Waals surface area contributed by atoms with Gasteiger partial charge >= 0.3 is 11.9 Å². The second kappa shape index (κ2) is 38.5. The Kier molecular flexibility index (Phi) is 35.4. The first-order valence-electron chi connectivity index (χ1n) is 18.3. The highest BCUT2D eigenvalue weighted by molar-refractivity contribution is 5.70. The van der Waals surface area contributed by atoms with Crippen molar-refractivity contribution in [3.63, 3.8) is 0 Å². The highest BCUT2D eigenvalue weighted by Gasteiger charge is 2.15. The third-order valence-electron chi connectivity index (χ3n) is 6.82. The fourth-order valence-electron chi connectivity index (χ4n) is 4.11. The lowest BCUT2D eigenvalue weighted by molar-refractivity contribution is -0.161. The summed E-state index contributed by atoms with van der Waals surface area (Å²) in [5.41, 5.74) is 0. The van der Waals surface area contributed by atoms with Crippen molar-refractivity contribution in [2.75, 3.05) is 13.2 Å². The summed E-state index contributed by atoms with van der Waals surface area (Å²) in [5, 5.41) is 9.52. The standard InChI is InChI=1S/C44H64O5/c1-3-5-7-9-11-13-15-17-18-19-20-21-22-23-24-25-27-29-31-33-35-37-39-44(47)49-42(40-45)41-48-43(46)38-36-34-32-30-28-26-16-14-12-10-8-6-4-2/h5-8,10-14,16-18,20-21,23-24,26-30,32,42,45H,3-4,9,15,19,22,25,31,33-41H2,1-2H3/b7-5+,8-6+,12-10+,13-11+,16-14+,18-17+,21-20+,24-23+,28-26+,29-27+,32-30+. The highest BCUT2D eigenvalue weighted by Crippen LogP contribution is 2.08. The molecule has 0 aromatic rings. The predicted molar refractivity (Wildman–Crippen MR) is 209 cm³/mol. The van der Waals surface area contributed by atoms with E-state index in [9.17, 15) is 14.7 Å². The molecule has 5 nitrogen and oxygen atoms in total. The van der Waals surface area contributed by atoms with Crippen molar-refractivity contribution in [1.29, 1.82) is 0 Å². The summed E-state index contributed by atoms with van der Waals surface area (Å²) >= 11 is 0. The van der Waals surface area contributed by atoms with Crippen LogP contribution < -0.4 is 0 Å². The highest BCUT2D eigenvalue weighted by atomic mass is 16.6. The Balaban J connectivity index is 3.82. The zero-order chi connectivity index (χ0) is 35.7. The van der Waals surface area contributed by atoms with Crippen molar-refractivity contribution >= 4 is 11.9 Å². The van der Waals surface area contributed by atoms with Crippen LogP contribution in [0.2, 0.25) is 0 Å². The number of esters is 2. The van der Waals surface area contributed by atoms with Gasteiger partial charge in [-0.3, -0.25) is 9.59 Å². The zero-order valence-corrected chi connectivity index (χ0v) is 30.4. The van der Waals surface area contributed by atoms with E-state index in [2.05, 4.69) is 92.8 Å². The minimum absolute atomic E-state index is 0.128. The lowest BCUT2D eigenvalue weighted by Crippen LogP contribution is -2.28. The number of carbonyl (C=O) groups excluding carboxylic acids is 2. The maximum absolute atomic E-state index is 12.1. The van der Waals surface area contributed by atoms with E-state index in [-0.39, 0.29) is 38.0 Å². The Labute approximate surface area is 298 Å². The number of aliphatic hydroxyl groups is 1. The normalized spacial score (nSPS) is 13.8. The second-order valence-electron chi connectivity index (χ2n) is 11.3. The molecule has 1 N–H and O–H groups in total. The summed E-state index contributed by atoms with van der Waals surface area (Å²) in [5.74, 6) is -0.735. The van der Waals surface area contributed by atoms with Crippen LogP contribution in [-0.2, 0) is 19.1 Å². The molecule has 1 unspecified atom stereocenters. The number of unbranched alkanes of at least 4 members (excludes halogenated alkanes) is 4. The van der Waals surface area contributed by atoms with Gasteiger partial charge in [0, 0.05) is 12.8 Å². The first-order chi connectivity index (χ1) is 24.1. The minimum atomic E-state index is -0.828. The number of aliphatic hydroxyl groups excluding tert-OH is 1. The molecule has 0 spiro atoms. The maximum atomic E-state index is 12.1. The molecule has 0 radical (unpaired) electrons. The van der Waals surface area contributed by atoms with Gasteiger partial charge in [-0.2, -0.15) is 0 Å². The maximum Gasteiger partial charge on any atom is 0.306 e. The molecule has 49 heavy (non-hydrogen) atoms. The van der Waals surface area contributed by atoms with Crippen molar-refractivity contribution in [1.82, 2.24) is 0 Å². The molecule has 0 aliphatic carbocycles. The van der Waals surface area contributed by atoms with E-state index in [4.69, 9.17) is 9.47 Å². The fourth-order valence-corrected chi connectivity index (χ4v) is 4.11. The SMILES string of the molecule is CC/C=C/C=C/C=C/C=C/C=C/CCCC(=O)OCC(CO)OC(=O)CCCCC/C=C/C/C=C/C/C=C/C/C=C/C/C=C/C/C=C/CC. The number of carbonyl (C=O) groups is 2. The number of rotatable bonds is 30. The average Bonchev–Trinajstić information content (AvgIpc) is 3.10. The van der Waals surface area contributed by atoms with Gasteiger partial charge in [-0.05, 0) is 77.0 Å². The van der Waals surface area contributed by atoms with Crippen molar-refractivity contribution < 1.29 is 24.2 Å². The molecule has 0 aliphatic rings. The molecule has 0 saturated carbocycles. The van der Waals surface area contributed by atoms with E-state index < -0.39 is 6.10 Å². The third kappa shape index (κ3) is 36.7. The van der Waals surface area contributed by atoms with E-state index in [1.165, 1.54) is 0 Å². The van der Waals surface area contributed by atoms with Crippen LogP contribution in [0.1, 0.15) is 110 Å². The summed E-state index contributed by atoms with van der Waals surface area (Å²) < 4.78 is 10.5. The van der Waals surface area contributed by atoms with Crippen LogP contribution in [-0.4, -0.2) is 36.4 Å². The molecule has 0 bridgehead atoms. The summed E-state index contributed by atoms with van der Waals surface area (Å²) in [6.07, 6.45) is 58.0. The zero-order valence-electron chi connectivity index (χ0n) is 30.4.